The van der Waals surface area contributed by atoms with E-state index in [2.05, 4.69) is 20.7 Å². The molecule has 3 heterocycles. The molecule has 0 spiro atoms. The number of aryl methyl sites for hydroxylation is 1. The van der Waals surface area contributed by atoms with Crippen LogP contribution in [0.1, 0.15) is 12.1 Å². The van der Waals surface area contributed by atoms with E-state index in [0.29, 0.717) is 6.54 Å². The normalized spacial score (nSPS) is 17.0. The standard InChI is InChI=1S/C18H21N5O/c1-21(10-11-22-13-19-16-4-2-3-5-17(16)22)18(24)14-7-9-23-15(12-14)6-8-20-23/h2-6,8,13-14H,7,9-12H2,1H3. The van der Waals surface area contributed by atoms with Crippen molar-refractivity contribution >= 4 is 16.9 Å². The van der Waals surface area contributed by atoms with E-state index in [4.69, 9.17) is 0 Å². The van der Waals surface area contributed by atoms with Crippen LogP contribution in [-0.4, -0.2) is 43.7 Å². The van der Waals surface area contributed by atoms with Crippen LogP contribution < -0.4 is 0 Å². The highest BCUT2D eigenvalue weighted by atomic mass is 16.2. The van der Waals surface area contributed by atoms with E-state index in [0.717, 1.165) is 42.7 Å². The quantitative estimate of drug-likeness (QED) is 0.737. The lowest BCUT2D eigenvalue weighted by Gasteiger charge is -2.27. The summed E-state index contributed by atoms with van der Waals surface area (Å²) in [5, 5.41) is 4.28. The fourth-order valence-corrected chi connectivity index (χ4v) is 3.45. The summed E-state index contributed by atoms with van der Waals surface area (Å²) in [6.07, 6.45) is 5.32. The molecule has 1 atom stereocenters. The largest absolute Gasteiger partial charge is 0.344 e. The minimum absolute atomic E-state index is 0.0683. The fraction of sp³-hybridized carbons (Fsp3) is 0.389. The molecule has 0 aliphatic carbocycles. The maximum Gasteiger partial charge on any atom is 0.225 e. The molecule has 6 heteroatoms. The van der Waals surface area contributed by atoms with Gasteiger partial charge in [-0.15, -0.1) is 0 Å². The molecule has 3 aromatic rings. The van der Waals surface area contributed by atoms with Gasteiger partial charge in [-0.1, -0.05) is 12.1 Å². The lowest BCUT2D eigenvalue weighted by molar-refractivity contribution is -0.135. The molecular formula is C18H21N5O. The maximum atomic E-state index is 12.7. The molecule has 1 amide bonds. The van der Waals surface area contributed by atoms with E-state index in [1.54, 1.807) is 0 Å². The third-order valence-electron chi connectivity index (χ3n) is 4.88. The number of para-hydroxylation sites is 2. The molecular weight excluding hydrogens is 302 g/mol. The Morgan fingerprint density at radius 1 is 1.33 bits per heavy atom. The minimum Gasteiger partial charge on any atom is -0.344 e. The SMILES string of the molecule is CN(CCn1cnc2ccccc21)C(=O)C1CCn2nccc2C1. The Hall–Kier alpha value is -2.63. The number of carbonyl (C=O) groups excluding carboxylic acids is 1. The topological polar surface area (TPSA) is 56.0 Å². The van der Waals surface area contributed by atoms with Gasteiger partial charge in [-0.3, -0.25) is 9.48 Å². The van der Waals surface area contributed by atoms with E-state index >= 15 is 0 Å². The first-order chi connectivity index (χ1) is 11.7. The summed E-state index contributed by atoms with van der Waals surface area (Å²) in [5.41, 5.74) is 3.26. The van der Waals surface area contributed by atoms with Crippen molar-refractivity contribution in [1.82, 2.24) is 24.2 Å². The maximum absolute atomic E-state index is 12.7. The lowest BCUT2D eigenvalue weighted by atomic mass is 9.95. The summed E-state index contributed by atoms with van der Waals surface area (Å²) < 4.78 is 4.11. The smallest absolute Gasteiger partial charge is 0.225 e. The van der Waals surface area contributed by atoms with Crippen molar-refractivity contribution in [2.75, 3.05) is 13.6 Å². The van der Waals surface area contributed by atoms with Gasteiger partial charge in [0.25, 0.3) is 0 Å². The van der Waals surface area contributed by atoms with Gasteiger partial charge in [-0.2, -0.15) is 5.10 Å². The molecule has 2 aromatic heterocycles. The summed E-state index contributed by atoms with van der Waals surface area (Å²) in [7, 11) is 1.90. The number of fused-ring (bicyclic) bond motifs is 2. The van der Waals surface area contributed by atoms with Gasteiger partial charge in [0.05, 0.1) is 17.4 Å². The number of benzene rings is 1. The van der Waals surface area contributed by atoms with Crippen LogP contribution in [0, 0.1) is 5.92 Å². The monoisotopic (exact) mass is 323 g/mol. The van der Waals surface area contributed by atoms with Crippen LogP contribution in [0.3, 0.4) is 0 Å². The van der Waals surface area contributed by atoms with Crippen LogP contribution in [0.4, 0.5) is 0 Å². The molecule has 0 saturated heterocycles. The first kappa shape index (κ1) is 14.9. The van der Waals surface area contributed by atoms with Crippen molar-refractivity contribution in [2.24, 2.45) is 5.92 Å². The molecule has 0 N–H and O–H groups in total. The Morgan fingerprint density at radius 3 is 3.12 bits per heavy atom. The second-order valence-electron chi connectivity index (χ2n) is 6.42. The molecule has 1 unspecified atom stereocenters. The van der Waals surface area contributed by atoms with Crippen molar-refractivity contribution in [1.29, 1.82) is 0 Å². The number of rotatable bonds is 4. The van der Waals surface area contributed by atoms with Crippen LogP contribution in [0.5, 0.6) is 0 Å². The molecule has 0 saturated carbocycles. The molecule has 24 heavy (non-hydrogen) atoms. The molecule has 124 valence electrons. The zero-order valence-corrected chi connectivity index (χ0v) is 13.8. The third kappa shape index (κ3) is 2.68. The number of imidazole rings is 1. The Balaban J connectivity index is 1.39. The number of aromatic nitrogens is 4. The lowest BCUT2D eigenvalue weighted by Crippen LogP contribution is -2.38. The summed E-state index contributed by atoms with van der Waals surface area (Å²) in [6, 6.07) is 10.1. The Labute approximate surface area is 140 Å². The van der Waals surface area contributed by atoms with Crippen molar-refractivity contribution < 1.29 is 4.79 Å². The average Bonchev–Trinajstić information content (AvgIpc) is 3.25. The summed E-state index contributed by atoms with van der Waals surface area (Å²) in [6.45, 7) is 2.28. The zero-order valence-electron chi connectivity index (χ0n) is 13.8. The van der Waals surface area contributed by atoms with E-state index in [-0.39, 0.29) is 11.8 Å². The average molecular weight is 323 g/mol. The molecule has 6 nitrogen and oxygen atoms in total. The fourth-order valence-electron chi connectivity index (χ4n) is 3.45. The van der Waals surface area contributed by atoms with Crippen molar-refractivity contribution in [3.63, 3.8) is 0 Å². The van der Waals surface area contributed by atoms with E-state index in [9.17, 15) is 4.79 Å². The number of amides is 1. The van der Waals surface area contributed by atoms with Crippen LogP contribution in [-0.2, 0) is 24.3 Å². The van der Waals surface area contributed by atoms with Gasteiger partial charge in [0.15, 0.2) is 0 Å². The van der Waals surface area contributed by atoms with Gasteiger partial charge >= 0.3 is 0 Å². The van der Waals surface area contributed by atoms with Crippen molar-refractivity contribution in [2.45, 2.75) is 25.9 Å². The Bertz CT molecular complexity index is 865. The summed E-state index contributed by atoms with van der Waals surface area (Å²) in [5.74, 6) is 0.297. The van der Waals surface area contributed by atoms with E-state index in [1.807, 2.05) is 53.4 Å². The first-order valence-electron chi connectivity index (χ1n) is 8.38. The number of nitrogens with zero attached hydrogens (tertiary/aromatic N) is 5. The summed E-state index contributed by atoms with van der Waals surface area (Å²) in [4.78, 5) is 19.0. The molecule has 0 bridgehead atoms. The van der Waals surface area contributed by atoms with Crippen LogP contribution in [0.2, 0.25) is 0 Å². The van der Waals surface area contributed by atoms with Gasteiger partial charge in [-0.05, 0) is 24.6 Å². The van der Waals surface area contributed by atoms with Crippen molar-refractivity contribution in [3.8, 4) is 0 Å². The molecule has 4 rings (SSSR count). The molecule has 1 aromatic carbocycles. The minimum atomic E-state index is 0.0683. The molecule has 0 radical (unpaired) electrons. The number of carbonyl (C=O) groups is 1. The molecule has 1 aliphatic rings. The van der Waals surface area contributed by atoms with Crippen LogP contribution in [0.15, 0.2) is 42.9 Å². The number of hydrogen-bond acceptors (Lipinski definition) is 3. The molecule has 1 aliphatic heterocycles. The van der Waals surface area contributed by atoms with Gasteiger partial charge < -0.3 is 9.47 Å². The highest BCUT2D eigenvalue weighted by Crippen LogP contribution is 2.21. The third-order valence-corrected chi connectivity index (χ3v) is 4.88. The van der Waals surface area contributed by atoms with E-state index < -0.39 is 0 Å². The highest BCUT2D eigenvalue weighted by Gasteiger charge is 2.27. The van der Waals surface area contributed by atoms with Crippen molar-refractivity contribution in [3.05, 3.63) is 48.5 Å². The highest BCUT2D eigenvalue weighted by molar-refractivity contribution is 5.79. The predicted octanol–water partition coefficient (Wildman–Crippen LogP) is 1.95. The van der Waals surface area contributed by atoms with Crippen LogP contribution in [0.25, 0.3) is 11.0 Å². The van der Waals surface area contributed by atoms with Crippen LogP contribution >= 0.6 is 0 Å². The number of hydrogen-bond donors (Lipinski definition) is 0. The van der Waals surface area contributed by atoms with Gasteiger partial charge in [0.2, 0.25) is 5.91 Å². The Kier molecular flexibility index (Phi) is 3.80. The molecule has 0 fully saturated rings. The second-order valence-corrected chi connectivity index (χ2v) is 6.42. The zero-order chi connectivity index (χ0) is 16.5. The van der Waals surface area contributed by atoms with Gasteiger partial charge in [-0.25, -0.2) is 4.98 Å². The van der Waals surface area contributed by atoms with E-state index in [1.165, 1.54) is 0 Å². The predicted molar refractivity (Wildman–Crippen MR) is 91.4 cm³/mol. The second kappa shape index (κ2) is 6.11. The van der Waals surface area contributed by atoms with Gasteiger partial charge in [0.1, 0.15) is 0 Å². The first-order valence-corrected chi connectivity index (χ1v) is 8.38. The summed E-state index contributed by atoms with van der Waals surface area (Å²) >= 11 is 0. The Morgan fingerprint density at radius 2 is 2.21 bits per heavy atom. The van der Waals surface area contributed by atoms with Gasteiger partial charge in [0, 0.05) is 50.9 Å². The number of likely N-dealkylation sites (N-methyl/N-ethyl adjacent to an activating group) is 1.